The molecule has 0 saturated carbocycles. The van der Waals surface area contributed by atoms with Crippen LogP contribution in [0.1, 0.15) is 26.9 Å². The minimum atomic E-state index is -0.972. The first-order valence-electron chi connectivity index (χ1n) is 7.02. The van der Waals surface area contributed by atoms with Crippen LogP contribution < -0.4 is 5.32 Å². The summed E-state index contributed by atoms with van der Waals surface area (Å²) in [6, 6.07) is 9.31. The molecule has 2 aromatic heterocycles. The van der Waals surface area contributed by atoms with Gasteiger partial charge in [0.2, 0.25) is 0 Å². The third kappa shape index (κ3) is 3.01. The predicted molar refractivity (Wildman–Crippen MR) is 89.0 cm³/mol. The Morgan fingerprint density at radius 2 is 2.04 bits per heavy atom. The molecule has 118 valence electrons. The van der Waals surface area contributed by atoms with Gasteiger partial charge in [-0.1, -0.05) is 30.3 Å². The number of thiophene rings is 1. The van der Waals surface area contributed by atoms with Crippen LogP contribution in [0.25, 0.3) is 10.2 Å². The summed E-state index contributed by atoms with van der Waals surface area (Å²) in [5, 5.41) is 23.2. The van der Waals surface area contributed by atoms with Crippen molar-refractivity contribution in [3.8, 4) is 0 Å². The molecule has 0 aliphatic heterocycles. The molecule has 0 radical (unpaired) electrons. The third-order valence-electron chi connectivity index (χ3n) is 3.57. The molecule has 3 aromatic rings. The van der Waals surface area contributed by atoms with Gasteiger partial charge < -0.3 is 15.5 Å². The molecule has 2 heterocycles. The molecule has 6 nitrogen and oxygen atoms in total. The first-order valence-corrected chi connectivity index (χ1v) is 7.84. The number of nitrogens with zero attached hydrogens (tertiary/aromatic N) is 2. The molecule has 0 saturated heterocycles. The Balaban J connectivity index is 1.87. The third-order valence-corrected chi connectivity index (χ3v) is 4.76. The van der Waals surface area contributed by atoms with Crippen LogP contribution in [0.5, 0.6) is 0 Å². The van der Waals surface area contributed by atoms with Gasteiger partial charge in [-0.3, -0.25) is 0 Å². The Kier molecular flexibility index (Phi) is 4.22. The van der Waals surface area contributed by atoms with E-state index in [2.05, 4.69) is 15.3 Å². The lowest BCUT2D eigenvalue weighted by Crippen LogP contribution is -2.13. The van der Waals surface area contributed by atoms with Gasteiger partial charge >= 0.3 is 5.97 Å². The van der Waals surface area contributed by atoms with Crippen LogP contribution in [0.15, 0.2) is 36.7 Å². The van der Waals surface area contributed by atoms with E-state index in [1.54, 1.807) is 6.92 Å². The molecule has 3 rings (SSSR count). The summed E-state index contributed by atoms with van der Waals surface area (Å²) in [7, 11) is 0. The quantitative estimate of drug-likeness (QED) is 0.666. The van der Waals surface area contributed by atoms with Crippen molar-refractivity contribution in [1.29, 1.82) is 0 Å². The Morgan fingerprint density at radius 1 is 1.30 bits per heavy atom. The van der Waals surface area contributed by atoms with Crippen molar-refractivity contribution in [3.05, 3.63) is 52.7 Å². The van der Waals surface area contributed by atoms with E-state index in [-0.39, 0.29) is 11.4 Å². The molecule has 23 heavy (non-hydrogen) atoms. The molecule has 0 fully saturated rings. The number of benzene rings is 1. The van der Waals surface area contributed by atoms with Gasteiger partial charge in [-0.15, -0.1) is 11.3 Å². The van der Waals surface area contributed by atoms with Gasteiger partial charge in [0.15, 0.2) is 0 Å². The fourth-order valence-electron chi connectivity index (χ4n) is 2.40. The number of carboxylic acid groups (broad SMARTS) is 1. The first kappa shape index (κ1) is 15.4. The van der Waals surface area contributed by atoms with Gasteiger partial charge in [-0.05, 0) is 18.1 Å². The van der Waals surface area contributed by atoms with Gasteiger partial charge in [0.1, 0.15) is 21.9 Å². The number of aliphatic hydroxyl groups excluding tert-OH is 1. The SMILES string of the molecule is Cc1c(C(=O)O)sc2ncnc(NCC(O)c3ccccc3)c12. The van der Waals surface area contributed by atoms with E-state index >= 15 is 0 Å². The second kappa shape index (κ2) is 6.31. The lowest BCUT2D eigenvalue weighted by atomic mass is 10.1. The summed E-state index contributed by atoms with van der Waals surface area (Å²) in [5.41, 5.74) is 1.44. The average Bonchev–Trinajstić information content (AvgIpc) is 2.91. The summed E-state index contributed by atoms with van der Waals surface area (Å²) in [6.45, 7) is 2.01. The van der Waals surface area contributed by atoms with Gasteiger partial charge in [0.25, 0.3) is 0 Å². The summed E-state index contributed by atoms with van der Waals surface area (Å²) in [4.78, 5) is 20.4. The monoisotopic (exact) mass is 329 g/mol. The zero-order valence-corrected chi connectivity index (χ0v) is 13.2. The molecule has 1 atom stereocenters. The number of carboxylic acids is 1. The highest BCUT2D eigenvalue weighted by Gasteiger charge is 2.19. The normalized spacial score (nSPS) is 12.3. The number of hydrogen-bond acceptors (Lipinski definition) is 6. The highest BCUT2D eigenvalue weighted by Crippen LogP contribution is 2.33. The molecule has 0 aliphatic carbocycles. The van der Waals surface area contributed by atoms with E-state index in [0.717, 1.165) is 16.9 Å². The maximum atomic E-state index is 11.3. The van der Waals surface area contributed by atoms with E-state index in [0.29, 0.717) is 21.6 Å². The molecule has 3 N–H and O–H groups in total. The summed E-state index contributed by atoms with van der Waals surface area (Å²) in [6.07, 6.45) is 0.709. The van der Waals surface area contributed by atoms with Gasteiger partial charge in [-0.25, -0.2) is 14.8 Å². The van der Waals surface area contributed by atoms with Crippen LogP contribution in [0.4, 0.5) is 5.82 Å². The minimum absolute atomic E-state index is 0.257. The van der Waals surface area contributed by atoms with Crippen LogP contribution in [0.2, 0.25) is 0 Å². The van der Waals surface area contributed by atoms with Gasteiger partial charge in [0.05, 0.1) is 11.5 Å². The number of aromatic nitrogens is 2. The van der Waals surface area contributed by atoms with E-state index in [1.165, 1.54) is 6.33 Å². The lowest BCUT2D eigenvalue weighted by Gasteiger charge is -2.13. The maximum absolute atomic E-state index is 11.3. The van der Waals surface area contributed by atoms with Crippen molar-refractivity contribution in [2.75, 3.05) is 11.9 Å². The van der Waals surface area contributed by atoms with Crippen molar-refractivity contribution >= 4 is 33.3 Å². The number of nitrogens with one attached hydrogen (secondary N) is 1. The smallest absolute Gasteiger partial charge is 0.346 e. The number of carbonyl (C=O) groups is 1. The van der Waals surface area contributed by atoms with Crippen molar-refractivity contribution in [1.82, 2.24) is 9.97 Å². The van der Waals surface area contributed by atoms with Gasteiger partial charge in [-0.2, -0.15) is 0 Å². The number of hydrogen-bond donors (Lipinski definition) is 3. The highest BCUT2D eigenvalue weighted by atomic mass is 32.1. The predicted octanol–water partition coefficient (Wildman–Crippen LogP) is 2.84. The molecule has 1 aromatic carbocycles. The molecule has 7 heteroatoms. The van der Waals surface area contributed by atoms with Crippen molar-refractivity contribution < 1.29 is 15.0 Å². The maximum Gasteiger partial charge on any atom is 0.346 e. The largest absolute Gasteiger partial charge is 0.477 e. The Bertz CT molecular complexity index is 848. The molecule has 0 bridgehead atoms. The number of aryl methyl sites for hydroxylation is 1. The second-order valence-electron chi connectivity index (χ2n) is 5.07. The van der Waals surface area contributed by atoms with Crippen LogP contribution in [0.3, 0.4) is 0 Å². The van der Waals surface area contributed by atoms with E-state index in [4.69, 9.17) is 0 Å². The van der Waals surface area contributed by atoms with E-state index in [9.17, 15) is 15.0 Å². The molecular weight excluding hydrogens is 314 g/mol. The van der Waals surface area contributed by atoms with Crippen LogP contribution in [-0.2, 0) is 0 Å². The fourth-order valence-corrected chi connectivity index (χ4v) is 3.38. The van der Waals surface area contributed by atoms with Crippen LogP contribution >= 0.6 is 11.3 Å². The zero-order valence-electron chi connectivity index (χ0n) is 12.4. The Hall–Kier alpha value is -2.51. The number of rotatable bonds is 5. The Morgan fingerprint density at radius 3 is 2.74 bits per heavy atom. The number of anilines is 1. The summed E-state index contributed by atoms with van der Waals surface area (Å²) in [5.74, 6) is -0.438. The van der Waals surface area contributed by atoms with Crippen molar-refractivity contribution in [2.45, 2.75) is 13.0 Å². The van der Waals surface area contributed by atoms with Crippen LogP contribution in [-0.4, -0.2) is 32.7 Å². The molecule has 0 aliphatic rings. The van der Waals surface area contributed by atoms with Crippen molar-refractivity contribution in [2.24, 2.45) is 0 Å². The van der Waals surface area contributed by atoms with Gasteiger partial charge in [0, 0.05) is 6.54 Å². The number of fused-ring (bicyclic) bond motifs is 1. The molecule has 0 amide bonds. The number of aromatic carboxylic acids is 1. The molecule has 1 unspecified atom stereocenters. The standard InChI is InChI=1S/C16H15N3O3S/c1-9-12-14(17-7-11(20)10-5-3-2-4-6-10)18-8-19-15(12)23-13(9)16(21)22/h2-6,8,11,20H,7H2,1H3,(H,21,22)(H,17,18,19). The average molecular weight is 329 g/mol. The van der Waals surface area contributed by atoms with Crippen molar-refractivity contribution in [3.63, 3.8) is 0 Å². The van der Waals surface area contributed by atoms with Crippen LogP contribution in [0, 0.1) is 6.92 Å². The highest BCUT2D eigenvalue weighted by molar-refractivity contribution is 7.20. The molecular formula is C16H15N3O3S. The summed E-state index contributed by atoms with van der Waals surface area (Å²) < 4.78 is 0. The zero-order chi connectivity index (χ0) is 16.4. The Labute approximate surface area is 136 Å². The van der Waals surface area contributed by atoms with E-state index in [1.807, 2.05) is 30.3 Å². The lowest BCUT2D eigenvalue weighted by molar-refractivity contribution is 0.0701. The second-order valence-corrected chi connectivity index (χ2v) is 6.07. The topological polar surface area (TPSA) is 95.3 Å². The minimum Gasteiger partial charge on any atom is -0.477 e. The van der Waals surface area contributed by atoms with E-state index < -0.39 is 12.1 Å². The first-order chi connectivity index (χ1) is 11.1. The molecule has 0 spiro atoms. The fraction of sp³-hybridized carbons (Fsp3) is 0.188. The number of aliphatic hydroxyl groups is 1. The summed E-state index contributed by atoms with van der Waals surface area (Å²) >= 11 is 1.12.